The first-order valence-electron chi connectivity index (χ1n) is 8.58. The van der Waals surface area contributed by atoms with Crippen LogP contribution in [-0.4, -0.2) is 58.1 Å². The minimum atomic E-state index is -3.81. The second-order valence-electron chi connectivity index (χ2n) is 6.65. The second kappa shape index (κ2) is 6.84. The molecular formula is C16H20FN5O2S2. The number of halogens is 1. The Morgan fingerprint density at radius 2 is 1.85 bits per heavy atom. The molecule has 0 amide bonds. The summed E-state index contributed by atoms with van der Waals surface area (Å²) in [7, 11) is -3.81. The maximum Gasteiger partial charge on any atom is 0.246 e. The topological polar surface area (TPSA) is 63.4 Å². The average Bonchev–Trinajstić information content (AvgIpc) is 3.41. The summed E-state index contributed by atoms with van der Waals surface area (Å²) in [5.74, 6) is -0.716. The van der Waals surface area contributed by atoms with Crippen LogP contribution in [0.2, 0.25) is 0 Å². The zero-order chi connectivity index (χ0) is 18.3. The first-order chi connectivity index (χ1) is 12.5. The van der Waals surface area contributed by atoms with Crippen LogP contribution in [0, 0.1) is 10.6 Å². The Bertz CT molecular complexity index is 959. The van der Waals surface area contributed by atoms with Crippen molar-refractivity contribution in [1.82, 2.24) is 23.6 Å². The summed E-state index contributed by atoms with van der Waals surface area (Å²) < 4.78 is 45.0. The molecule has 140 valence electrons. The summed E-state index contributed by atoms with van der Waals surface area (Å²) in [6.45, 7) is 2.25. The number of nitrogens with zero attached hydrogens (tertiary/aromatic N) is 5. The average molecular weight is 398 g/mol. The largest absolute Gasteiger partial charge is 0.303 e. The van der Waals surface area contributed by atoms with Crippen LogP contribution in [0.4, 0.5) is 4.39 Å². The highest BCUT2D eigenvalue weighted by Gasteiger charge is 2.31. The summed E-state index contributed by atoms with van der Waals surface area (Å²) in [5, 5.41) is 4.35. The maximum atomic E-state index is 13.9. The van der Waals surface area contributed by atoms with E-state index < -0.39 is 15.8 Å². The molecule has 1 aliphatic carbocycles. The molecule has 2 heterocycles. The van der Waals surface area contributed by atoms with Gasteiger partial charge in [0.2, 0.25) is 10.0 Å². The Morgan fingerprint density at radius 1 is 1.15 bits per heavy atom. The van der Waals surface area contributed by atoms with Crippen molar-refractivity contribution >= 4 is 22.2 Å². The zero-order valence-corrected chi connectivity index (χ0v) is 15.8. The van der Waals surface area contributed by atoms with Crippen molar-refractivity contribution in [2.75, 3.05) is 26.2 Å². The second-order valence-corrected chi connectivity index (χ2v) is 8.92. The highest BCUT2D eigenvalue weighted by Crippen LogP contribution is 2.34. The number of piperazine rings is 1. The minimum Gasteiger partial charge on any atom is -0.303 e. The normalized spacial score (nSPS) is 19.7. The summed E-state index contributed by atoms with van der Waals surface area (Å²) in [5.41, 5.74) is 0. The summed E-state index contributed by atoms with van der Waals surface area (Å²) >= 11 is 5.46. The Kier molecular flexibility index (Phi) is 4.68. The van der Waals surface area contributed by atoms with Crippen molar-refractivity contribution in [2.24, 2.45) is 0 Å². The van der Waals surface area contributed by atoms with E-state index in [9.17, 15) is 12.8 Å². The van der Waals surface area contributed by atoms with Crippen molar-refractivity contribution in [3.05, 3.63) is 41.2 Å². The van der Waals surface area contributed by atoms with Crippen molar-refractivity contribution in [3.63, 3.8) is 0 Å². The van der Waals surface area contributed by atoms with Crippen LogP contribution in [0.3, 0.4) is 0 Å². The Balaban J connectivity index is 1.41. The first kappa shape index (κ1) is 17.8. The molecule has 0 radical (unpaired) electrons. The van der Waals surface area contributed by atoms with E-state index in [-0.39, 0.29) is 4.90 Å². The van der Waals surface area contributed by atoms with Gasteiger partial charge in [-0.05, 0) is 37.2 Å². The van der Waals surface area contributed by atoms with Crippen LogP contribution in [0.25, 0.3) is 0 Å². The third-order valence-electron chi connectivity index (χ3n) is 4.82. The lowest BCUT2D eigenvalue weighted by Gasteiger charge is -2.33. The van der Waals surface area contributed by atoms with E-state index in [4.69, 9.17) is 12.2 Å². The molecule has 0 atom stereocenters. The summed E-state index contributed by atoms with van der Waals surface area (Å²) in [6, 6.07) is 5.97. The summed E-state index contributed by atoms with van der Waals surface area (Å²) in [4.78, 5) is 1.84. The van der Waals surface area contributed by atoms with Gasteiger partial charge in [0, 0.05) is 32.2 Å². The van der Waals surface area contributed by atoms with Gasteiger partial charge in [0.25, 0.3) is 0 Å². The fraction of sp³-hybridized carbons (Fsp3) is 0.500. The van der Waals surface area contributed by atoms with E-state index in [0.717, 1.165) is 12.8 Å². The van der Waals surface area contributed by atoms with E-state index in [1.165, 1.54) is 28.6 Å². The lowest BCUT2D eigenvalue weighted by atomic mass is 10.3. The third kappa shape index (κ3) is 3.34. The van der Waals surface area contributed by atoms with E-state index in [0.29, 0.717) is 43.7 Å². The Hall–Kier alpha value is -1.62. The quantitative estimate of drug-likeness (QED) is 0.721. The maximum absolute atomic E-state index is 13.9. The molecule has 1 aliphatic heterocycles. The molecule has 1 aromatic heterocycles. The molecule has 0 bridgehead atoms. The van der Waals surface area contributed by atoms with Crippen molar-refractivity contribution in [1.29, 1.82) is 0 Å². The highest BCUT2D eigenvalue weighted by atomic mass is 32.2. The Morgan fingerprint density at radius 3 is 2.50 bits per heavy atom. The fourth-order valence-corrected chi connectivity index (χ4v) is 4.93. The van der Waals surface area contributed by atoms with Gasteiger partial charge in [-0.3, -0.25) is 4.90 Å². The van der Waals surface area contributed by atoms with Crippen LogP contribution in [-0.2, 0) is 16.7 Å². The smallest absolute Gasteiger partial charge is 0.246 e. The van der Waals surface area contributed by atoms with Gasteiger partial charge in [-0.15, -0.1) is 0 Å². The van der Waals surface area contributed by atoms with Gasteiger partial charge < -0.3 is 4.57 Å². The van der Waals surface area contributed by atoms with Crippen molar-refractivity contribution in [3.8, 4) is 0 Å². The molecule has 7 nitrogen and oxygen atoms in total. The van der Waals surface area contributed by atoms with Crippen LogP contribution < -0.4 is 0 Å². The monoisotopic (exact) mass is 397 g/mol. The highest BCUT2D eigenvalue weighted by molar-refractivity contribution is 7.89. The fourth-order valence-electron chi connectivity index (χ4n) is 3.14. The molecule has 0 unspecified atom stereocenters. The zero-order valence-electron chi connectivity index (χ0n) is 14.2. The first-order valence-corrected chi connectivity index (χ1v) is 10.4. The van der Waals surface area contributed by atoms with Gasteiger partial charge in [-0.1, -0.05) is 12.1 Å². The minimum absolute atomic E-state index is 0.265. The lowest BCUT2D eigenvalue weighted by Crippen LogP contribution is -2.49. The van der Waals surface area contributed by atoms with Crippen molar-refractivity contribution in [2.45, 2.75) is 30.4 Å². The molecule has 0 N–H and O–H groups in total. The number of sulfonamides is 1. The molecule has 10 heteroatoms. The molecule has 26 heavy (non-hydrogen) atoms. The molecular weight excluding hydrogens is 377 g/mol. The van der Waals surface area contributed by atoms with E-state index in [1.54, 1.807) is 11.0 Å². The van der Waals surface area contributed by atoms with Gasteiger partial charge in [0.15, 0.2) is 4.77 Å². The molecule has 2 aromatic rings. The molecule has 0 spiro atoms. The number of aromatic nitrogens is 3. The molecule has 2 aliphatic rings. The standard InChI is InChI=1S/C16H20FN5O2S2/c17-14-3-1-2-4-15(14)26(23,24)20-9-7-19(8-10-20)12-22-16(25)21(11-18-22)13-5-6-13/h1-4,11,13H,5-10,12H2. The van der Waals surface area contributed by atoms with Gasteiger partial charge in [0.05, 0.1) is 6.67 Å². The third-order valence-corrected chi connectivity index (χ3v) is 7.17. The van der Waals surface area contributed by atoms with Gasteiger partial charge in [-0.2, -0.15) is 9.40 Å². The van der Waals surface area contributed by atoms with E-state index in [2.05, 4.69) is 10.00 Å². The number of rotatable bonds is 5. The van der Waals surface area contributed by atoms with Gasteiger partial charge in [0.1, 0.15) is 17.0 Å². The predicted molar refractivity (Wildman–Crippen MR) is 96.1 cm³/mol. The SMILES string of the molecule is O=S(=O)(c1ccccc1F)N1CCN(Cn2ncn(C3CC3)c2=S)CC1. The molecule has 2 fully saturated rings. The molecule has 1 saturated carbocycles. The number of benzene rings is 1. The lowest BCUT2D eigenvalue weighted by molar-refractivity contribution is 0.144. The number of hydrogen-bond donors (Lipinski definition) is 0. The van der Waals surface area contributed by atoms with E-state index >= 15 is 0 Å². The summed E-state index contributed by atoms with van der Waals surface area (Å²) in [6.07, 6.45) is 4.07. The molecule has 1 aromatic carbocycles. The predicted octanol–water partition coefficient (Wildman–Crippen LogP) is 1.85. The van der Waals surface area contributed by atoms with E-state index in [1.807, 2.05) is 4.57 Å². The van der Waals surface area contributed by atoms with Crippen molar-refractivity contribution < 1.29 is 12.8 Å². The number of hydrogen-bond acceptors (Lipinski definition) is 5. The van der Waals surface area contributed by atoms with Crippen LogP contribution in [0.15, 0.2) is 35.5 Å². The Labute approximate surface area is 156 Å². The van der Waals surface area contributed by atoms with Crippen LogP contribution in [0.5, 0.6) is 0 Å². The van der Waals surface area contributed by atoms with Gasteiger partial charge in [-0.25, -0.2) is 17.5 Å². The van der Waals surface area contributed by atoms with Gasteiger partial charge >= 0.3 is 0 Å². The molecule has 1 saturated heterocycles. The van der Waals surface area contributed by atoms with Crippen LogP contribution >= 0.6 is 12.2 Å². The van der Waals surface area contributed by atoms with Crippen LogP contribution in [0.1, 0.15) is 18.9 Å². The molecule has 4 rings (SSSR count).